The van der Waals surface area contributed by atoms with Crippen LogP contribution in [0.4, 0.5) is 0 Å². The van der Waals surface area contributed by atoms with Crippen LogP contribution < -0.4 is 5.73 Å². The smallest absolute Gasteiger partial charge is 0.0590 e. The van der Waals surface area contributed by atoms with Crippen molar-refractivity contribution in [2.45, 2.75) is 32.4 Å². The topological polar surface area (TPSA) is 49.5 Å². The van der Waals surface area contributed by atoms with Crippen LogP contribution in [0.2, 0.25) is 0 Å². The van der Waals surface area contributed by atoms with Crippen molar-refractivity contribution in [3.05, 3.63) is 22.4 Å². The Morgan fingerprint density at radius 1 is 1.56 bits per heavy atom. The Morgan fingerprint density at radius 2 is 2.31 bits per heavy atom. The number of likely N-dealkylation sites (N-methyl/N-ethyl adjacent to an activating group) is 1. The van der Waals surface area contributed by atoms with Gasteiger partial charge in [0.1, 0.15) is 0 Å². The molecular weight excluding hydrogens is 220 g/mol. The van der Waals surface area contributed by atoms with Gasteiger partial charge in [-0.3, -0.25) is 4.90 Å². The highest BCUT2D eigenvalue weighted by molar-refractivity contribution is 7.10. The third-order valence-electron chi connectivity index (χ3n) is 2.74. The van der Waals surface area contributed by atoms with E-state index in [9.17, 15) is 0 Å². The molecule has 1 aromatic heterocycles. The maximum atomic E-state index is 8.91. The average molecular weight is 242 g/mol. The lowest BCUT2D eigenvalue weighted by atomic mass is 10.1. The SMILES string of the molecule is CCN(CCCO)C(c1cccs1)C(C)N. The van der Waals surface area contributed by atoms with E-state index in [1.165, 1.54) is 4.88 Å². The first-order valence-corrected chi connectivity index (χ1v) is 6.72. The number of aliphatic hydroxyl groups is 1. The van der Waals surface area contributed by atoms with Crippen LogP contribution in [-0.2, 0) is 0 Å². The summed E-state index contributed by atoms with van der Waals surface area (Å²) >= 11 is 1.75. The Morgan fingerprint density at radius 3 is 2.75 bits per heavy atom. The van der Waals surface area contributed by atoms with E-state index in [-0.39, 0.29) is 18.7 Å². The molecule has 4 heteroatoms. The third kappa shape index (κ3) is 3.56. The summed E-state index contributed by atoms with van der Waals surface area (Å²) in [5.41, 5.74) is 6.08. The predicted octanol–water partition coefficient (Wildman–Crippen LogP) is 1.84. The third-order valence-corrected chi connectivity index (χ3v) is 3.68. The van der Waals surface area contributed by atoms with Gasteiger partial charge in [-0.1, -0.05) is 13.0 Å². The lowest BCUT2D eigenvalue weighted by Gasteiger charge is -2.32. The van der Waals surface area contributed by atoms with Crippen molar-refractivity contribution < 1.29 is 5.11 Å². The van der Waals surface area contributed by atoms with Gasteiger partial charge in [0.2, 0.25) is 0 Å². The zero-order valence-electron chi connectivity index (χ0n) is 10.1. The highest BCUT2D eigenvalue weighted by Gasteiger charge is 2.23. The first-order valence-electron chi connectivity index (χ1n) is 5.84. The Labute approximate surface area is 102 Å². The van der Waals surface area contributed by atoms with Crippen molar-refractivity contribution in [1.82, 2.24) is 4.90 Å². The molecule has 2 atom stereocenters. The summed E-state index contributed by atoms with van der Waals surface area (Å²) in [6.07, 6.45) is 0.808. The number of hydrogen-bond donors (Lipinski definition) is 2. The fraction of sp³-hybridized carbons (Fsp3) is 0.667. The van der Waals surface area contributed by atoms with Gasteiger partial charge in [-0.15, -0.1) is 11.3 Å². The molecule has 3 N–H and O–H groups in total. The summed E-state index contributed by atoms with van der Waals surface area (Å²) in [5, 5.41) is 11.0. The second-order valence-electron chi connectivity index (χ2n) is 4.03. The quantitative estimate of drug-likeness (QED) is 0.767. The standard InChI is InChI=1S/C12H22N2OS/c1-3-14(7-5-8-15)12(10(2)13)11-6-4-9-16-11/h4,6,9-10,12,15H,3,5,7-8,13H2,1-2H3. The van der Waals surface area contributed by atoms with Crippen molar-refractivity contribution >= 4 is 11.3 Å². The van der Waals surface area contributed by atoms with E-state index in [2.05, 4.69) is 29.3 Å². The van der Waals surface area contributed by atoms with Gasteiger partial charge in [-0.25, -0.2) is 0 Å². The van der Waals surface area contributed by atoms with Gasteiger partial charge in [0.15, 0.2) is 0 Å². The van der Waals surface area contributed by atoms with E-state index in [0.29, 0.717) is 0 Å². The minimum atomic E-state index is 0.109. The number of nitrogens with two attached hydrogens (primary N) is 1. The van der Waals surface area contributed by atoms with E-state index < -0.39 is 0 Å². The second kappa shape index (κ2) is 7.01. The van der Waals surface area contributed by atoms with Gasteiger partial charge in [0.05, 0.1) is 6.04 Å². The molecule has 3 nitrogen and oxygen atoms in total. The molecule has 0 fully saturated rings. The molecule has 2 unspecified atom stereocenters. The second-order valence-corrected chi connectivity index (χ2v) is 5.00. The molecule has 1 rings (SSSR count). The number of hydrogen-bond acceptors (Lipinski definition) is 4. The maximum Gasteiger partial charge on any atom is 0.0590 e. The molecular formula is C12H22N2OS. The summed E-state index contributed by atoms with van der Waals surface area (Å²) in [5.74, 6) is 0. The highest BCUT2D eigenvalue weighted by Crippen LogP contribution is 2.27. The first-order chi connectivity index (χ1) is 7.70. The minimum Gasteiger partial charge on any atom is -0.396 e. The van der Waals surface area contributed by atoms with Crippen LogP contribution in [0, 0.1) is 0 Å². The lowest BCUT2D eigenvalue weighted by Crippen LogP contribution is -2.39. The fourth-order valence-electron chi connectivity index (χ4n) is 2.00. The van der Waals surface area contributed by atoms with Crippen LogP contribution in [-0.4, -0.2) is 35.7 Å². The van der Waals surface area contributed by atoms with Crippen molar-refractivity contribution in [3.8, 4) is 0 Å². The maximum absolute atomic E-state index is 8.91. The van der Waals surface area contributed by atoms with Gasteiger partial charge >= 0.3 is 0 Å². The highest BCUT2D eigenvalue weighted by atomic mass is 32.1. The molecule has 0 saturated heterocycles. The average Bonchev–Trinajstić information content (AvgIpc) is 2.76. The number of thiophene rings is 1. The fourth-order valence-corrected chi connectivity index (χ4v) is 2.97. The normalized spacial score (nSPS) is 15.3. The Hall–Kier alpha value is -0.420. The van der Waals surface area contributed by atoms with E-state index in [1.54, 1.807) is 11.3 Å². The van der Waals surface area contributed by atoms with Crippen LogP contribution in [0.25, 0.3) is 0 Å². The number of nitrogens with zero attached hydrogens (tertiary/aromatic N) is 1. The van der Waals surface area contributed by atoms with Crippen LogP contribution in [0.5, 0.6) is 0 Å². The molecule has 1 heterocycles. The van der Waals surface area contributed by atoms with Crippen LogP contribution in [0.3, 0.4) is 0 Å². The molecule has 0 aliphatic heterocycles. The van der Waals surface area contributed by atoms with Crippen molar-refractivity contribution in [2.24, 2.45) is 5.73 Å². The van der Waals surface area contributed by atoms with E-state index >= 15 is 0 Å². The van der Waals surface area contributed by atoms with Gasteiger partial charge in [-0.05, 0) is 31.3 Å². The zero-order chi connectivity index (χ0) is 12.0. The van der Waals surface area contributed by atoms with E-state index in [4.69, 9.17) is 10.8 Å². The summed E-state index contributed by atoms with van der Waals surface area (Å²) in [6, 6.07) is 4.59. The molecule has 0 aromatic carbocycles. The summed E-state index contributed by atoms with van der Waals surface area (Å²) in [6.45, 7) is 6.29. The summed E-state index contributed by atoms with van der Waals surface area (Å²) < 4.78 is 0. The van der Waals surface area contributed by atoms with E-state index in [0.717, 1.165) is 19.5 Å². The first kappa shape index (κ1) is 13.6. The minimum absolute atomic E-state index is 0.109. The molecule has 0 aliphatic rings. The van der Waals surface area contributed by atoms with E-state index in [1.807, 2.05) is 6.92 Å². The van der Waals surface area contributed by atoms with Gasteiger partial charge in [0, 0.05) is 24.1 Å². The molecule has 0 radical (unpaired) electrons. The molecule has 0 saturated carbocycles. The van der Waals surface area contributed by atoms with Gasteiger partial charge in [-0.2, -0.15) is 0 Å². The van der Waals surface area contributed by atoms with Crippen molar-refractivity contribution in [2.75, 3.05) is 19.7 Å². The molecule has 16 heavy (non-hydrogen) atoms. The Kier molecular flexibility index (Phi) is 5.98. The van der Waals surface area contributed by atoms with Crippen LogP contribution >= 0.6 is 11.3 Å². The number of aliphatic hydroxyl groups excluding tert-OH is 1. The molecule has 92 valence electrons. The number of rotatable bonds is 7. The Balaban J connectivity index is 2.75. The molecule has 1 aromatic rings. The van der Waals surface area contributed by atoms with Gasteiger partial charge in [0.25, 0.3) is 0 Å². The molecule has 0 aliphatic carbocycles. The van der Waals surface area contributed by atoms with Crippen molar-refractivity contribution in [1.29, 1.82) is 0 Å². The van der Waals surface area contributed by atoms with Crippen molar-refractivity contribution in [3.63, 3.8) is 0 Å². The summed E-state index contributed by atoms with van der Waals surface area (Å²) in [4.78, 5) is 3.65. The zero-order valence-corrected chi connectivity index (χ0v) is 10.9. The summed E-state index contributed by atoms with van der Waals surface area (Å²) in [7, 11) is 0. The lowest BCUT2D eigenvalue weighted by molar-refractivity contribution is 0.167. The largest absolute Gasteiger partial charge is 0.396 e. The predicted molar refractivity (Wildman–Crippen MR) is 69.7 cm³/mol. The van der Waals surface area contributed by atoms with Crippen LogP contribution in [0.1, 0.15) is 31.2 Å². The molecule has 0 amide bonds. The monoisotopic (exact) mass is 242 g/mol. The Bertz CT molecular complexity index is 275. The van der Waals surface area contributed by atoms with Gasteiger partial charge < -0.3 is 10.8 Å². The molecule has 0 bridgehead atoms. The van der Waals surface area contributed by atoms with Crippen LogP contribution in [0.15, 0.2) is 17.5 Å². The molecule has 0 spiro atoms.